The number of hydrogen-bond donors (Lipinski definition) is 3. The highest BCUT2D eigenvalue weighted by Crippen LogP contribution is 2.34. The van der Waals surface area contributed by atoms with Gasteiger partial charge in [0.15, 0.2) is 0 Å². The zero-order valence-corrected chi connectivity index (χ0v) is 22.8. The van der Waals surface area contributed by atoms with E-state index in [0.29, 0.717) is 43.2 Å². The molecule has 0 saturated heterocycles. The van der Waals surface area contributed by atoms with Crippen molar-refractivity contribution in [3.63, 3.8) is 0 Å². The van der Waals surface area contributed by atoms with E-state index in [1.54, 1.807) is 7.11 Å². The van der Waals surface area contributed by atoms with Crippen molar-refractivity contribution in [3.8, 4) is 5.75 Å². The van der Waals surface area contributed by atoms with E-state index in [2.05, 4.69) is 22.8 Å². The Morgan fingerprint density at radius 1 is 1.18 bits per heavy atom. The Bertz CT molecular complexity index is 1110. The van der Waals surface area contributed by atoms with Gasteiger partial charge in [0.25, 0.3) is 5.91 Å². The summed E-state index contributed by atoms with van der Waals surface area (Å²) in [6.45, 7) is 5.48. The summed E-state index contributed by atoms with van der Waals surface area (Å²) in [6, 6.07) is 8.02. The second kappa shape index (κ2) is 13.1. The van der Waals surface area contributed by atoms with E-state index in [-0.39, 0.29) is 12.0 Å². The number of pyridine rings is 1. The van der Waals surface area contributed by atoms with E-state index in [1.807, 2.05) is 26.0 Å². The molecule has 1 aromatic heterocycles. The first-order valence-corrected chi connectivity index (χ1v) is 13.8. The van der Waals surface area contributed by atoms with Gasteiger partial charge in [0.2, 0.25) is 0 Å². The molecule has 0 bridgehead atoms. The molecule has 1 aliphatic carbocycles. The van der Waals surface area contributed by atoms with Crippen molar-refractivity contribution in [1.82, 2.24) is 10.3 Å². The number of ether oxygens (including phenoxy) is 2. The topological polar surface area (TPSA) is 110 Å². The summed E-state index contributed by atoms with van der Waals surface area (Å²) < 4.78 is 11.2. The number of amides is 1. The second-order valence-corrected chi connectivity index (χ2v) is 10.7. The first-order valence-electron chi connectivity index (χ1n) is 13.8. The lowest BCUT2D eigenvalue weighted by atomic mass is 9.79. The van der Waals surface area contributed by atoms with Gasteiger partial charge in [-0.3, -0.25) is 9.59 Å². The number of rotatable bonds is 13. The number of aliphatic carboxylic acids is 1. The van der Waals surface area contributed by atoms with Gasteiger partial charge in [0.1, 0.15) is 11.6 Å². The number of nitrogens with zero attached hydrogens (tertiary/aromatic N) is 1. The molecule has 1 atom stereocenters. The summed E-state index contributed by atoms with van der Waals surface area (Å²) in [6.07, 6.45) is 7.45. The van der Waals surface area contributed by atoms with E-state index in [1.165, 1.54) is 12.0 Å². The zero-order valence-electron chi connectivity index (χ0n) is 22.8. The predicted octanol–water partition coefficient (Wildman–Crippen LogP) is 4.70. The largest absolute Gasteiger partial charge is 0.497 e. The summed E-state index contributed by atoms with van der Waals surface area (Å²) >= 11 is 0. The van der Waals surface area contributed by atoms with Crippen LogP contribution in [0.3, 0.4) is 0 Å². The van der Waals surface area contributed by atoms with Crippen LogP contribution in [0.2, 0.25) is 0 Å². The summed E-state index contributed by atoms with van der Waals surface area (Å²) in [4.78, 5) is 29.2. The first kappa shape index (κ1) is 27.9. The molecule has 1 saturated carbocycles. The fourth-order valence-electron chi connectivity index (χ4n) is 5.52. The van der Waals surface area contributed by atoms with Crippen LogP contribution in [0.25, 0.3) is 0 Å². The van der Waals surface area contributed by atoms with Gasteiger partial charge < -0.3 is 25.2 Å². The molecule has 2 aliphatic rings. The average molecular weight is 524 g/mol. The molecular weight excluding hydrogens is 482 g/mol. The van der Waals surface area contributed by atoms with Crippen LogP contribution in [-0.4, -0.2) is 54.9 Å². The molecule has 2 aromatic rings. The maximum absolute atomic E-state index is 12.7. The number of hydrogen-bond acceptors (Lipinski definition) is 6. The van der Waals surface area contributed by atoms with Crippen molar-refractivity contribution < 1.29 is 24.2 Å². The van der Waals surface area contributed by atoms with Crippen molar-refractivity contribution in [2.45, 2.75) is 71.3 Å². The molecule has 206 valence electrons. The lowest BCUT2D eigenvalue weighted by Gasteiger charge is -2.35. The molecule has 38 heavy (non-hydrogen) atoms. The number of carboxylic acid groups (broad SMARTS) is 1. The van der Waals surface area contributed by atoms with E-state index >= 15 is 0 Å². The quantitative estimate of drug-likeness (QED) is 0.349. The molecule has 1 fully saturated rings. The monoisotopic (exact) mass is 523 g/mol. The van der Waals surface area contributed by atoms with Gasteiger partial charge in [-0.05, 0) is 106 Å². The Morgan fingerprint density at radius 3 is 2.66 bits per heavy atom. The van der Waals surface area contributed by atoms with Crippen molar-refractivity contribution in [3.05, 3.63) is 52.2 Å². The SMILES string of the molecule is COc1cc(C)c(C(=O)NCCC(CCOC2CC(CCc3ccc4c(n3)NCCC4)C2)C(=O)O)c(C)c1. The van der Waals surface area contributed by atoms with Gasteiger partial charge in [-0.2, -0.15) is 0 Å². The molecule has 3 N–H and O–H groups in total. The summed E-state index contributed by atoms with van der Waals surface area (Å²) in [7, 11) is 1.60. The fraction of sp³-hybridized carbons (Fsp3) is 0.567. The Kier molecular flexibility index (Phi) is 9.61. The van der Waals surface area contributed by atoms with Crippen LogP contribution in [0.4, 0.5) is 5.82 Å². The van der Waals surface area contributed by atoms with Crippen LogP contribution in [0.1, 0.15) is 71.3 Å². The summed E-state index contributed by atoms with van der Waals surface area (Å²) in [5, 5.41) is 15.9. The van der Waals surface area contributed by atoms with Crippen LogP contribution >= 0.6 is 0 Å². The standard InChI is InChI=1S/C30H41N3O5/c1-19-15-25(37-3)16-20(2)27(19)29(34)32-13-10-23(30(35)36)11-14-38-26-17-21(18-26)6-8-24-9-7-22-5-4-12-31-28(22)33-24/h7,9,15-16,21,23,26H,4-6,8,10-14,17-18H2,1-3H3,(H,31,33)(H,32,34)(H,35,36). The molecule has 4 rings (SSSR count). The third kappa shape index (κ3) is 7.25. The molecule has 1 aliphatic heterocycles. The first-order chi connectivity index (χ1) is 18.3. The van der Waals surface area contributed by atoms with Gasteiger partial charge in [0, 0.05) is 31.0 Å². The van der Waals surface area contributed by atoms with E-state index in [4.69, 9.17) is 14.5 Å². The average Bonchev–Trinajstić information content (AvgIpc) is 2.87. The van der Waals surface area contributed by atoms with E-state index in [0.717, 1.165) is 61.3 Å². The Balaban J connectivity index is 1.12. The molecule has 8 heteroatoms. The minimum absolute atomic E-state index is 0.189. The number of carbonyl (C=O) groups is 2. The van der Waals surface area contributed by atoms with Crippen molar-refractivity contribution >= 4 is 17.7 Å². The van der Waals surface area contributed by atoms with Crippen LogP contribution in [0.5, 0.6) is 5.75 Å². The van der Waals surface area contributed by atoms with Gasteiger partial charge in [-0.15, -0.1) is 0 Å². The minimum Gasteiger partial charge on any atom is -0.497 e. The number of benzene rings is 1. The van der Waals surface area contributed by atoms with Crippen LogP contribution in [0.15, 0.2) is 24.3 Å². The lowest BCUT2D eigenvalue weighted by Crippen LogP contribution is -2.33. The highest BCUT2D eigenvalue weighted by molar-refractivity contribution is 5.97. The Hall–Kier alpha value is -3.13. The van der Waals surface area contributed by atoms with Crippen molar-refractivity contribution in [2.24, 2.45) is 11.8 Å². The van der Waals surface area contributed by atoms with Crippen LogP contribution in [-0.2, 0) is 22.4 Å². The number of carboxylic acids is 1. The molecular formula is C30H41N3O5. The molecule has 1 unspecified atom stereocenters. The third-order valence-electron chi connectivity index (χ3n) is 7.87. The van der Waals surface area contributed by atoms with Crippen molar-refractivity contribution in [1.29, 1.82) is 0 Å². The molecule has 0 radical (unpaired) electrons. The molecule has 1 amide bonds. The summed E-state index contributed by atoms with van der Waals surface area (Å²) in [5.74, 6) is 0.823. The maximum atomic E-state index is 12.7. The Morgan fingerprint density at radius 2 is 1.95 bits per heavy atom. The van der Waals surface area contributed by atoms with Gasteiger partial charge in [-0.25, -0.2) is 4.98 Å². The minimum atomic E-state index is -0.849. The molecule has 2 heterocycles. The lowest BCUT2D eigenvalue weighted by molar-refractivity contribution is -0.143. The normalized spacial score (nSPS) is 19.0. The van der Waals surface area contributed by atoms with Gasteiger partial charge in [0.05, 0.1) is 19.1 Å². The molecule has 1 aromatic carbocycles. The number of fused-ring (bicyclic) bond motifs is 1. The number of methoxy groups -OCH3 is 1. The third-order valence-corrected chi connectivity index (χ3v) is 7.87. The number of aryl methyl sites for hydroxylation is 4. The van der Waals surface area contributed by atoms with E-state index < -0.39 is 11.9 Å². The highest BCUT2D eigenvalue weighted by atomic mass is 16.5. The smallest absolute Gasteiger partial charge is 0.306 e. The Labute approximate surface area is 225 Å². The molecule has 8 nitrogen and oxygen atoms in total. The van der Waals surface area contributed by atoms with Crippen LogP contribution < -0.4 is 15.4 Å². The number of carbonyl (C=O) groups excluding carboxylic acids is 1. The fourth-order valence-corrected chi connectivity index (χ4v) is 5.52. The summed E-state index contributed by atoms with van der Waals surface area (Å²) in [5.41, 5.74) is 4.74. The highest BCUT2D eigenvalue weighted by Gasteiger charge is 2.30. The zero-order chi connectivity index (χ0) is 27.1. The predicted molar refractivity (Wildman–Crippen MR) is 147 cm³/mol. The second-order valence-electron chi connectivity index (χ2n) is 10.7. The number of nitrogens with one attached hydrogen (secondary N) is 2. The maximum Gasteiger partial charge on any atom is 0.306 e. The number of aromatic nitrogens is 1. The van der Waals surface area contributed by atoms with Gasteiger partial charge >= 0.3 is 5.97 Å². The molecule has 0 spiro atoms. The van der Waals surface area contributed by atoms with Crippen LogP contribution in [0, 0.1) is 25.7 Å². The van der Waals surface area contributed by atoms with E-state index in [9.17, 15) is 14.7 Å². The number of anilines is 1. The van der Waals surface area contributed by atoms with Crippen molar-refractivity contribution in [2.75, 3.05) is 32.1 Å². The van der Waals surface area contributed by atoms with Gasteiger partial charge in [-0.1, -0.05) is 6.07 Å².